The lowest BCUT2D eigenvalue weighted by molar-refractivity contribution is 0.0912. The predicted octanol–water partition coefficient (Wildman–Crippen LogP) is 6.92. The van der Waals surface area contributed by atoms with Gasteiger partial charge in [0.2, 0.25) is 0 Å². The molecule has 0 spiro atoms. The first-order valence-electron chi connectivity index (χ1n) is 15.6. The minimum absolute atomic E-state index is 0.112. The number of hydrogen-bond donors (Lipinski definition) is 0. The molecule has 0 N–H and O–H groups in total. The average molecular weight is 633 g/mol. The van der Waals surface area contributed by atoms with Crippen LogP contribution in [0.15, 0.2) is 121 Å². The van der Waals surface area contributed by atoms with Crippen molar-refractivity contribution < 1.29 is 28.8 Å². The van der Waals surface area contributed by atoms with Crippen LogP contribution in [0.3, 0.4) is 0 Å². The molecule has 0 bridgehead atoms. The largest absolute Gasteiger partial charge is 0.294 e. The minimum Gasteiger partial charge on any atom is -0.294 e. The van der Waals surface area contributed by atoms with E-state index in [1.165, 1.54) is 30.3 Å². The molecule has 2 aliphatic rings. The lowest BCUT2D eigenvalue weighted by Crippen LogP contribution is -2.31. The van der Waals surface area contributed by atoms with E-state index in [0.717, 1.165) is 20.9 Å². The second-order valence-corrected chi connectivity index (χ2v) is 11.7. The van der Waals surface area contributed by atoms with Crippen molar-refractivity contribution in [2.45, 2.75) is 25.7 Å². The number of ketones is 2. The average Bonchev–Trinajstić information content (AvgIpc) is 3.53. The van der Waals surface area contributed by atoms with Gasteiger partial charge in [0.15, 0.2) is 11.6 Å². The standard InChI is InChI=1S/C40H28N2O6/c43-35(20-14-25-8-3-1-4-9-25)27-16-18-31-33(22-27)39(47)41(37(31)45)29-12-7-13-30(24-29)42-38(46)32-19-17-28(23-34(32)40(42)48)36(44)21-15-26-10-5-2-6-11-26/h1-13,16-19,22-24H,14-15,20-21H2. The van der Waals surface area contributed by atoms with Crippen molar-refractivity contribution in [1.29, 1.82) is 0 Å². The van der Waals surface area contributed by atoms with Crippen molar-refractivity contribution in [1.82, 2.24) is 0 Å². The molecule has 0 saturated heterocycles. The van der Waals surface area contributed by atoms with E-state index in [1.54, 1.807) is 30.3 Å². The van der Waals surface area contributed by atoms with E-state index in [9.17, 15) is 28.8 Å². The number of Topliss-reactive ketones (excluding diaryl/α,β-unsaturated/α-hetero) is 2. The Morgan fingerprint density at radius 1 is 0.417 bits per heavy atom. The van der Waals surface area contributed by atoms with Gasteiger partial charge in [-0.15, -0.1) is 0 Å². The third kappa shape index (κ3) is 5.54. The Hall–Kier alpha value is -6.28. The maximum Gasteiger partial charge on any atom is 0.266 e. The molecule has 48 heavy (non-hydrogen) atoms. The van der Waals surface area contributed by atoms with Crippen LogP contribution in [-0.2, 0) is 12.8 Å². The molecule has 8 heteroatoms. The summed E-state index contributed by atoms with van der Waals surface area (Å²) < 4.78 is 0. The fourth-order valence-electron chi connectivity index (χ4n) is 6.16. The second kappa shape index (κ2) is 12.5. The smallest absolute Gasteiger partial charge is 0.266 e. The van der Waals surface area contributed by atoms with Crippen LogP contribution >= 0.6 is 0 Å². The predicted molar refractivity (Wildman–Crippen MR) is 180 cm³/mol. The van der Waals surface area contributed by atoms with E-state index >= 15 is 0 Å². The molecular weight excluding hydrogens is 604 g/mol. The van der Waals surface area contributed by atoms with Crippen LogP contribution in [0.1, 0.15) is 86.1 Å². The zero-order valence-electron chi connectivity index (χ0n) is 25.7. The number of rotatable bonds is 10. The van der Waals surface area contributed by atoms with Gasteiger partial charge in [0.25, 0.3) is 23.6 Å². The maximum absolute atomic E-state index is 13.6. The maximum atomic E-state index is 13.6. The van der Waals surface area contributed by atoms with Crippen LogP contribution in [0.4, 0.5) is 11.4 Å². The number of carbonyl (C=O) groups is 6. The summed E-state index contributed by atoms with van der Waals surface area (Å²) in [5, 5.41) is 0. The first-order chi connectivity index (χ1) is 23.3. The minimum atomic E-state index is -0.606. The topological polar surface area (TPSA) is 109 Å². The monoisotopic (exact) mass is 632 g/mol. The van der Waals surface area contributed by atoms with Crippen LogP contribution in [0, 0.1) is 0 Å². The van der Waals surface area contributed by atoms with Gasteiger partial charge in [-0.25, -0.2) is 9.80 Å². The zero-order chi connectivity index (χ0) is 33.4. The third-order valence-electron chi connectivity index (χ3n) is 8.73. The van der Waals surface area contributed by atoms with E-state index in [2.05, 4.69) is 0 Å². The van der Waals surface area contributed by atoms with Crippen molar-refractivity contribution in [3.63, 3.8) is 0 Å². The molecular formula is C40H28N2O6. The third-order valence-corrected chi connectivity index (χ3v) is 8.73. The normalized spacial score (nSPS) is 13.6. The van der Waals surface area contributed by atoms with Gasteiger partial charge in [0, 0.05) is 24.0 Å². The summed E-state index contributed by atoms with van der Waals surface area (Å²) in [7, 11) is 0. The number of aryl methyl sites for hydroxylation is 2. The number of benzene rings is 5. The van der Waals surface area contributed by atoms with Gasteiger partial charge in [-0.3, -0.25) is 28.8 Å². The molecule has 0 fully saturated rings. The highest BCUT2D eigenvalue weighted by molar-refractivity contribution is 6.36. The summed E-state index contributed by atoms with van der Waals surface area (Å²) in [6, 6.07) is 34.3. The molecule has 234 valence electrons. The van der Waals surface area contributed by atoms with Crippen LogP contribution < -0.4 is 9.80 Å². The highest BCUT2D eigenvalue weighted by atomic mass is 16.2. The molecule has 0 saturated carbocycles. The summed E-state index contributed by atoms with van der Waals surface area (Å²) in [5.41, 5.74) is 3.61. The molecule has 0 atom stereocenters. The van der Waals surface area contributed by atoms with Gasteiger partial charge in [-0.2, -0.15) is 0 Å². The number of amides is 4. The number of fused-ring (bicyclic) bond motifs is 2. The molecule has 7 rings (SSSR count). The van der Waals surface area contributed by atoms with Crippen molar-refractivity contribution in [2.75, 3.05) is 9.80 Å². The first-order valence-corrected chi connectivity index (χ1v) is 15.6. The lowest BCUT2D eigenvalue weighted by Gasteiger charge is -2.18. The Labute approximate surface area is 276 Å². The summed E-state index contributed by atoms with van der Waals surface area (Å²) >= 11 is 0. The molecule has 0 aliphatic carbocycles. The summed E-state index contributed by atoms with van der Waals surface area (Å²) in [6.07, 6.45) is 1.60. The molecule has 8 nitrogen and oxygen atoms in total. The molecule has 0 unspecified atom stereocenters. The molecule has 4 amide bonds. The Bertz CT molecular complexity index is 2010. The van der Waals surface area contributed by atoms with Gasteiger partial charge in [0.1, 0.15) is 0 Å². The SMILES string of the molecule is O=C(CCc1ccccc1)c1ccc2c(c1)C(=O)N(c1cccc(N3C(=O)c4ccc(C(=O)CCc5ccccc5)cc4C3=O)c1)C2=O. The number of hydrogen-bond acceptors (Lipinski definition) is 6. The van der Waals surface area contributed by atoms with Crippen molar-refractivity contribution in [2.24, 2.45) is 0 Å². The quantitative estimate of drug-likeness (QED) is 0.122. The first kappa shape index (κ1) is 30.4. The lowest BCUT2D eigenvalue weighted by atomic mass is 9.99. The molecule has 2 heterocycles. The Morgan fingerprint density at radius 3 is 1.23 bits per heavy atom. The zero-order valence-corrected chi connectivity index (χ0v) is 25.7. The van der Waals surface area contributed by atoms with Crippen molar-refractivity contribution in [3.05, 3.63) is 166 Å². The van der Waals surface area contributed by atoms with Crippen molar-refractivity contribution >= 4 is 46.6 Å². The van der Waals surface area contributed by atoms with Gasteiger partial charge in [-0.1, -0.05) is 78.9 Å². The van der Waals surface area contributed by atoms with Crippen LogP contribution in [0.5, 0.6) is 0 Å². The van der Waals surface area contributed by atoms with Crippen LogP contribution in [0.25, 0.3) is 0 Å². The van der Waals surface area contributed by atoms with Gasteiger partial charge < -0.3 is 0 Å². The highest BCUT2D eigenvalue weighted by Gasteiger charge is 2.40. The van der Waals surface area contributed by atoms with Gasteiger partial charge in [-0.05, 0) is 66.4 Å². The Balaban J connectivity index is 1.09. The summed E-state index contributed by atoms with van der Waals surface area (Å²) in [5.74, 6) is -2.65. The summed E-state index contributed by atoms with van der Waals surface area (Å²) in [4.78, 5) is 81.8. The van der Waals surface area contributed by atoms with E-state index in [-0.39, 0.29) is 58.0 Å². The van der Waals surface area contributed by atoms with Gasteiger partial charge in [0.05, 0.1) is 33.6 Å². The molecule has 0 aromatic heterocycles. The van der Waals surface area contributed by atoms with E-state index in [1.807, 2.05) is 60.7 Å². The fourth-order valence-corrected chi connectivity index (χ4v) is 6.16. The number of anilines is 2. The van der Waals surface area contributed by atoms with E-state index in [0.29, 0.717) is 24.0 Å². The summed E-state index contributed by atoms with van der Waals surface area (Å²) in [6.45, 7) is 0. The van der Waals surface area contributed by atoms with E-state index in [4.69, 9.17) is 0 Å². The number of carbonyl (C=O) groups excluding carboxylic acids is 6. The number of imide groups is 2. The fraction of sp³-hybridized carbons (Fsp3) is 0.100. The van der Waals surface area contributed by atoms with Crippen molar-refractivity contribution in [3.8, 4) is 0 Å². The molecule has 0 radical (unpaired) electrons. The highest BCUT2D eigenvalue weighted by Crippen LogP contribution is 2.35. The Morgan fingerprint density at radius 2 is 0.812 bits per heavy atom. The van der Waals surface area contributed by atoms with E-state index < -0.39 is 23.6 Å². The van der Waals surface area contributed by atoms with Gasteiger partial charge >= 0.3 is 0 Å². The number of nitrogens with zero attached hydrogens (tertiary/aromatic N) is 2. The van der Waals surface area contributed by atoms with Crippen LogP contribution in [0.2, 0.25) is 0 Å². The second-order valence-electron chi connectivity index (χ2n) is 11.7. The van der Waals surface area contributed by atoms with Crippen LogP contribution in [-0.4, -0.2) is 35.2 Å². The molecule has 5 aromatic carbocycles. The molecule has 2 aliphatic heterocycles. The Kier molecular flexibility index (Phi) is 7.90. The molecule has 5 aromatic rings.